The molecule has 0 saturated carbocycles. The third-order valence-electron chi connectivity index (χ3n) is 3.79. The summed E-state index contributed by atoms with van der Waals surface area (Å²) in [5.41, 5.74) is 3.23. The van der Waals surface area contributed by atoms with Crippen LogP contribution in [0.15, 0.2) is 11.1 Å². The minimum absolute atomic E-state index is 0.810. The van der Waals surface area contributed by atoms with E-state index in [0.29, 0.717) is 0 Å². The van der Waals surface area contributed by atoms with E-state index in [9.17, 15) is 0 Å². The molecule has 1 N–H and O–H groups in total. The lowest BCUT2D eigenvalue weighted by atomic mass is 10.0. The van der Waals surface area contributed by atoms with Crippen molar-refractivity contribution in [1.82, 2.24) is 10.2 Å². The molecule has 1 aliphatic heterocycles. The standard InChI is InChI=1S/C16H32N2/c1-13(2)6-8-18(9-7-14(3)4)12-15(5)16-10-17-11-16/h13-14,17H,6-12H2,1-5H3. The Kier molecular flexibility index (Phi) is 6.95. The van der Waals surface area contributed by atoms with Crippen molar-refractivity contribution < 1.29 is 0 Å². The van der Waals surface area contributed by atoms with Gasteiger partial charge in [-0.15, -0.1) is 0 Å². The zero-order valence-corrected chi connectivity index (χ0v) is 13.1. The molecule has 1 rings (SSSR count). The summed E-state index contributed by atoms with van der Waals surface area (Å²) in [4.78, 5) is 2.65. The first-order valence-corrected chi connectivity index (χ1v) is 7.59. The van der Waals surface area contributed by atoms with Crippen LogP contribution in [0.25, 0.3) is 0 Å². The lowest BCUT2D eigenvalue weighted by Crippen LogP contribution is -2.37. The summed E-state index contributed by atoms with van der Waals surface area (Å²) >= 11 is 0. The van der Waals surface area contributed by atoms with E-state index in [1.165, 1.54) is 32.5 Å². The summed E-state index contributed by atoms with van der Waals surface area (Å²) < 4.78 is 0. The maximum atomic E-state index is 3.34. The van der Waals surface area contributed by atoms with Gasteiger partial charge in [0.05, 0.1) is 0 Å². The highest BCUT2D eigenvalue weighted by molar-refractivity contribution is 5.22. The van der Waals surface area contributed by atoms with Crippen molar-refractivity contribution in [2.45, 2.75) is 47.5 Å². The highest BCUT2D eigenvalue weighted by Crippen LogP contribution is 2.13. The molecule has 2 nitrogen and oxygen atoms in total. The Morgan fingerprint density at radius 2 is 1.56 bits per heavy atom. The minimum atomic E-state index is 0.810. The minimum Gasteiger partial charge on any atom is -0.309 e. The molecule has 0 aliphatic carbocycles. The van der Waals surface area contributed by atoms with E-state index in [2.05, 4.69) is 44.8 Å². The fourth-order valence-electron chi connectivity index (χ4n) is 2.15. The molecule has 18 heavy (non-hydrogen) atoms. The predicted molar refractivity (Wildman–Crippen MR) is 80.9 cm³/mol. The first kappa shape index (κ1) is 15.7. The molecule has 1 saturated heterocycles. The Bertz CT molecular complexity index is 248. The van der Waals surface area contributed by atoms with Gasteiger partial charge in [0.2, 0.25) is 0 Å². The van der Waals surface area contributed by atoms with Gasteiger partial charge in [-0.1, -0.05) is 33.3 Å². The van der Waals surface area contributed by atoms with Crippen LogP contribution in [0.5, 0.6) is 0 Å². The second kappa shape index (κ2) is 7.96. The second-order valence-corrected chi connectivity index (χ2v) is 6.63. The molecule has 106 valence electrons. The molecule has 0 unspecified atom stereocenters. The highest BCUT2D eigenvalue weighted by Gasteiger charge is 2.14. The Morgan fingerprint density at radius 1 is 1.06 bits per heavy atom. The van der Waals surface area contributed by atoms with Crippen LogP contribution in [0.2, 0.25) is 0 Å². The van der Waals surface area contributed by atoms with E-state index in [1.807, 2.05) is 0 Å². The molecule has 0 spiro atoms. The van der Waals surface area contributed by atoms with Crippen molar-refractivity contribution in [2.24, 2.45) is 11.8 Å². The van der Waals surface area contributed by atoms with E-state index >= 15 is 0 Å². The first-order chi connectivity index (χ1) is 8.49. The summed E-state index contributed by atoms with van der Waals surface area (Å²) in [6, 6.07) is 0. The molecule has 0 aromatic heterocycles. The molecule has 1 aliphatic rings. The van der Waals surface area contributed by atoms with Crippen LogP contribution in [-0.4, -0.2) is 37.6 Å². The molecule has 2 heteroatoms. The molecular formula is C16H32N2. The molecule has 0 aromatic rings. The summed E-state index contributed by atoms with van der Waals surface area (Å²) in [5, 5.41) is 3.34. The molecule has 0 amide bonds. The molecule has 1 heterocycles. The zero-order chi connectivity index (χ0) is 13.5. The largest absolute Gasteiger partial charge is 0.309 e. The van der Waals surface area contributed by atoms with E-state index in [1.54, 1.807) is 11.1 Å². The Hall–Kier alpha value is -0.340. The molecule has 0 radical (unpaired) electrons. The van der Waals surface area contributed by atoms with Gasteiger partial charge in [0.25, 0.3) is 0 Å². The van der Waals surface area contributed by atoms with E-state index in [-0.39, 0.29) is 0 Å². The summed E-state index contributed by atoms with van der Waals surface area (Å²) in [6.07, 6.45) is 2.64. The maximum Gasteiger partial charge on any atom is 0.0193 e. The van der Waals surface area contributed by atoms with Gasteiger partial charge in [-0.25, -0.2) is 0 Å². The van der Waals surface area contributed by atoms with Gasteiger partial charge >= 0.3 is 0 Å². The van der Waals surface area contributed by atoms with Crippen molar-refractivity contribution in [2.75, 3.05) is 32.7 Å². The molecule has 0 atom stereocenters. The lowest BCUT2D eigenvalue weighted by molar-refractivity contribution is 0.260. The van der Waals surface area contributed by atoms with Crippen molar-refractivity contribution in [3.8, 4) is 0 Å². The number of nitrogens with zero attached hydrogens (tertiary/aromatic N) is 1. The Morgan fingerprint density at radius 3 is 1.89 bits per heavy atom. The lowest BCUT2D eigenvalue weighted by Gasteiger charge is -2.28. The van der Waals surface area contributed by atoms with E-state index < -0.39 is 0 Å². The van der Waals surface area contributed by atoms with Crippen molar-refractivity contribution in [3.05, 3.63) is 11.1 Å². The molecular weight excluding hydrogens is 220 g/mol. The number of rotatable bonds is 8. The van der Waals surface area contributed by atoms with Crippen LogP contribution in [0.3, 0.4) is 0 Å². The summed E-state index contributed by atoms with van der Waals surface area (Å²) in [6.45, 7) is 17.5. The molecule has 1 fully saturated rings. The van der Waals surface area contributed by atoms with Gasteiger partial charge in [0.1, 0.15) is 0 Å². The molecule has 0 aromatic carbocycles. The summed E-state index contributed by atoms with van der Waals surface area (Å²) in [5.74, 6) is 1.62. The van der Waals surface area contributed by atoms with Gasteiger partial charge in [-0.05, 0) is 50.3 Å². The van der Waals surface area contributed by atoms with Crippen LogP contribution in [0.4, 0.5) is 0 Å². The fourth-order valence-corrected chi connectivity index (χ4v) is 2.15. The smallest absolute Gasteiger partial charge is 0.0193 e. The quantitative estimate of drug-likeness (QED) is 0.667. The maximum absolute atomic E-state index is 3.34. The third kappa shape index (κ3) is 6.01. The van der Waals surface area contributed by atoms with E-state index in [0.717, 1.165) is 24.9 Å². The monoisotopic (exact) mass is 252 g/mol. The number of hydrogen-bond acceptors (Lipinski definition) is 2. The summed E-state index contributed by atoms with van der Waals surface area (Å²) in [7, 11) is 0. The van der Waals surface area contributed by atoms with Crippen LogP contribution >= 0.6 is 0 Å². The Balaban J connectivity index is 2.42. The van der Waals surface area contributed by atoms with Crippen LogP contribution in [0, 0.1) is 11.8 Å². The normalized spacial score (nSPS) is 15.7. The predicted octanol–water partition coefficient (Wildman–Crippen LogP) is 3.30. The van der Waals surface area contributed by atoms with Gasteiger partial charge in [-0.3, -0.25) is 4.90 Å². The van der Waals surface area contributed by atoms with Crippen LogP contribution in [-0.2, 0) is 0 Å². The third-order valence-corrected chi connectivity index (χ3v) is 3.79. The van der Waals surface area contributed by atoms with Crippen molar-refractivity contribution in [1.29, 1.82) is 0 Å². The molecule has 0 bridgehead atoms. The van der Waals surface area contributed by atoms with E-state index in [4.69, 9.17) is 0 Å². The van der Waals surface area contributed by atoms with Crippen LogP contribution < -0.4 is 5.32 Å². The zero-order valence-electron chi connectivity index (χ0n) is 13.1. The number of hydrogen-bond donors (Lipinski definition) is 1. The SMILES string of the molecule is CC(CN(CCC(C)C)CCC(C)C)=C1CNC1. The van der Waals surface area contributed by atoms with Crippen LogP contribution in [0.1, 0.15) is 47.5 Å². The van der Waals surface area contributed by atoms with Gasteiger partial charge < -0.3 is 5.32 Å². The van der Waals surface area contributed by atoms with Crippen molar-refractivity contribution >= 4 is 0 Å². The second-order valence-electron chi connectivity index (χ2n) is 6.63. The average molecular weight is 252 g/mol. The Labute approximate surface area is 114 Å². The number of nitrogens with one attached hydrogen (secondary N) is 1. The first-order valence-electron chi connectivity index (χ1n) is 7.59. The van der Waals surface area contributed by atoms with Gasteiger partial charge in [0, 0.05) is 19.6 Å². The van der Waals surface area contributed by atoms with Gasteiger partial charge in [0.15, 0.2) is 0 Å². The van der Waals surface area contributed by atoms with Crippen molar-refractivity contribution in [3.63, 3.8) is 0 Å². The fraction of sp³-hybridized carbons (Fsp3) is 0.875. The van der Waals surface area contributed by atoms with Gasteiger partial charge in [-0.2, -0.15) is 0 Å². The highest BCUT2D eigenvalue weighted by atomic mass is 15.1. The average Bonchev–Trinajstić information content (AvgIpc) is 2.19. The topological polar surface area (TPSA) is 15.3 Å².